The molecule has 2 heterocycles. The van der Waals surface area contributed by atoms with E-state index in [4.69, 9.17) is 5.11 Å². The monoisotopic (exact) mass is 353 g/mol. The number of carbonyl (C=O) groups is 2. The van der Waals surface area contributed by atoms with Gasteiger partial charge in [-0.15, -0.1) is 0 Å². The molecule has 0 saturated carbocycles. The van der Waals surface area contributed by atoms with Crippen molar-refractivity contribution in [2.75, 3.05) is 6.61 Å². The number of carbonyl (C=O) groups excluding carboxylic acids is 2. The molecule has 0 aliphatic carbocycles. The summed E-state index contributed by atoms with van der Waals surface area (Å²) in [6, 6.07) is 4.49. The predicted octanol–water partition coefficient (Wildman–Crippen LogP) is 0.807. The Balaban J connectivity index is 2.13. The molecule has 7 heteroatoms. The number of aliphatic hydroxyl groups excluding tert-OH is 1. The van der Waals surface area contributed by atoms with E-state index < -0.39 is 11.9 Å². The van der Waals surface area contributed by atoms with E-state index >= 15 is 0 Å². The Labute approximate surface area is 150 Å². The minimum atomic E-state index is -0.757. The number of fused-ring (bicyclic) bond motifs is 1. The van der Waals surface area contributed by atoms with E-state index in [0.29, 0.717) is 35.1 Å². The van der Waals surface area contributed by atoms with E-state index in [9.17, 15) is 14.4 Å². The average molecular weight is 353 g/mol. The SMILES string of the molecule is Cc1nc2cccc(C#CCCCO)c2c(=O)n1C1CCC(=O)NC1=O. The summed E-state index contributed by atoms with van der Waals surface area (Å²) in [6.07, 6.45) is 1.54. The van der Waals surface area contributed by atoms with Gasteiger partial charge in [-0.2, -0.15) is 0 Å². The standard InChI is InChI=1S/C19H19N3O4/c1-12-20-14-8-5-7-13(6-3-2-4-11-23)17(14)19(26)22(12)15-9-10-16(24)21-18(15)25/h5,7-8,15,23H,2,4,9-11H2,1H3,(H,21,24,25). The van der Waals surface area contributed by atoms with Crippen molar-refractivity contribution in [3.63, 3.8) is 0 Å². The number of unbranched alkanes of at least 4 members (excludes halogenated alkanes) is 1. The molecule has 1 saturated heterocycles. The van der Waals surface area contributed by atoms with Crippen molar-refractivity contribution < 1.29 is 14.7 Å². The number of hydrogen-bond donors (Lipinski definition) is 2. The first-order valence-electron chi connectivity index (χ1n) is 8.48. The number of aliphatic hydroxyl groups is 1. The second-order valence-corrected chi connectivity index (χ2v) is 6.13. The number of nitrogens with one attached hydrogen (secondary N) is 1. The third kappa shape index (κ3) is 3.37. The number of benzene rings is 1. The van der Waals surface area contributed by atoms with Gasteiger partial charge in [0.1, 0.15) is 11.9 Å². The highest BCUT2D eigenvalue weighted by Gasteiger charge is 2.30. The lowest BCUT2D eigenvalue weighted by molar-refractivity contribution is -0.135. The van der Waals surface area contributed by atoms with Gasteiger partial charge in [-0.25, -0.2) is 4.98 Å². The number of amides is 2. The molecule has 7 nitrogen and oxygen atoms in total. The van der Waals surface area contributed by atoms with Crippen molar-refractivity contribution in [1.82, 2.24) is 14.9 Å². The molecule has 1 fully saturated rings. The quantitative estimate of drug-likeness (QED) is 0.483. The Hall–Kier alpha value is -2.98. The summed E-state index contributed by atoms with van der Waals surface area (Å²) in [5.41, 5.74) is 0.720. The first kappa shape index (κ1) is 17.8. The predicted molar refractivity (Wildman–Crippen MR) is 95.4 cm³/mol. The van der Waals surface area contributed by atoms with Crippen LogP contribution in [0.4, 0.5) is 0 Å². The van der Waals surface area contributed by atoms with Crippen LogP contribution in [0, 0.1) is 18.8 Å². The lowest BCUT2D eigenvalue weighted by atomic mass is 10.0. The Morgan fingerprint density at radius 2 is 2.15 bits per heavy atom. The zero-order valence-corrected chi connectivity index (χ0v) is 14.4. The molecule has 1 unspecified atom stereocenters. The van der Waals surface area contributed by atoms with E-state index in [1.165, 1.54) is 4.57 Å². The van der Waals surface area contributed by atoms with Crippen molar-refractivity contribution in [3.8, 4) is 11.8 Å². The van der Waals surface area contributed by atoms with E-state index in [2.05, 4.69) is 22.1 Å². The van der Waals surface area contributed by atoms with Crippen LogP contribution in [0.25, 0.3) is 10.9 Å². The molecule has 0 bridgehead atoms. The summed E-state index contributed by atoms with van der Waals surface area (Å²) in [5.74, 6) is 5.50. The van der Waals surface area contributed by atoms with Gasteiger partial charge in [-0.3, -0.25) is 24.3 Å². The number of aryl methyl sites for hydroxylation is 1. The zero-order chi connectivity index (χ0) is 18.7. The molecule has 2 amide bonds. The van der Waals surface area contributed by atoms with E-state index in [-0.39, 0.29) is 30.9 Å². The fourth-order valence-corrected chi connectivity index (χ4v) is 3.08. The van der Waals surface area contributed by atoms with E-state index in [1.807, 2.05) is 0 Å². The molecule has 26 heavy (non-hydrogen) atoms. The van der Waals surface area contributed by atoms with E-state index in [1.54, 1.807) is 25.1 Å². The van der Waals surface area contributed by atoms with Crippen molar-refractivity contribution in [3.05, 3.63) is 39.9 Å². The second kappa shape index (κ2) is 7.50. The number of rotatable bonds is 3. The summed E-state index contributed by atoms with van der Waals surface area (Å²) < 4.78 is 1.35. The van der Waals surface area contributed by atoms with Crippen LogP contribution in [0.5, 0.6) is 0 Å². The summed E-state index contributed by atoms with van der Waals surface area (Å²) >= 11 is 0. The van der Waals surface area contributed by atoms with Crippen molar-refractivity contribution in [2.45, 2.75) is 38.6 Å². The van der Waals surface area contributed by atoms with Gasteiger partial charge >= 0.3 is 0 Å². The normalized spacial score (nSPS) is 16.9. The molecule has 2 aromatic rings. The Morgan fingerprint density at radius 3 is 2.88 bits per heavy atom. The number of nitrogens with zero attached hydrogens (tertiary/aromatic N) is 2. The topological polar surface area (TPSA) is 101 Å². The van der Waals surface area contributed by atoms with Crippen LogP contribution in [0.3, 0.4) is 0 Å². The molecule has 1 aliphatic heterocycles. The Bertz CT molecular complexity index is 997. The van der Waals surface area contributed by atoms with Crippen LogP contribution in [0.1, 0.15) is 43.1 Å². The van der Waals surface area contributed by atoms with Crippen LogP contribution in [-0.4, -0.2) is 33.1 Å². The van der Waals surface area contributed by atoms with E-state index in [0.717, 1.165) is 0 Å². The maximum atomic E-state index is 13.1. The number of piperidine rings is 1. The molecule has 2 N–H and O–H groups in total. The fraction of sp³-hybridized carbons (Fsp3) is 0.368. The van der Waals surface area contributed by atoms with Gasteiger partial charge < -0.3 is 5.11 Å². The third-order valence-corrected chi connectivity index (χ3v) is 4.31. The minimum Gasteiger partial charge on any atom is -0.396 e. The number of hydrogen-bond acceptors (Lipinski definition) is 5. The van der Waals surface area contributed by atoms with Gasteiger partial charge in [0.15, 0.2) is 0 Å². The molecule has 134 valence electrons. The summed E-state index contributed by atoms with van der Waals surface area (Å²) in [5, 5.41) is 11.5. The van der Waals surface area contributed by atoms with Crippen LogP contribution < -0.4 is 10.9 Å². The highest BCUT2D eigenvalue weighted by Crippen LogP contribution is 2.21. The molecule has 1 aliphatic rings. The Kier molecular flexibility index (Phi) is 5.14. The molecule has 1 aromatic carbocycles. The van der Waals surface area contributed by atoms with Crippen LogP contribution in [0.15, 0.2) is 23.0 Å². The molecular weight excluding hydrogens is 334 g/mol. The average Bonchev–Trinajstić information content (AvgIpc) is 2.60. The highest BCUT2D eigenvalue weighted by molar-refractivity contribution is 5.99. The molecule has 0 spiro atoms. The Morgan fingerprint density at radius 1 is 1.35 bits per heavy atom. The molecule has 1 aromatic heterocycles. The first-order chi connectivity index (χ1) is 12.5. The number of aromatic nitrogens is 2. The van der Waals surface area contributed by atoms with Gasteiger partial charge in [0, 0.05) is 25.0 Å². The maximum Gasteiger partial charge on any atom is 0.263 e. The molecule has 3 rings (SSSR count). The van der Waals surface area contributed by atoms with Crippen LogP contribution in [-0.2, 0) is 9.59 Å². The van der Waals surface area contributed by atoms with Gasteiger partial charge in [-0.1, -0.05) is 17.9 Å². The van der Waals surface area contributed by atoms with Crippen LogP contribution >= 0.6 is 0 Å². The molecule has 0 radical (unpaired) electrons. The van der Waals surface area contributed by atoms with Crippen molar-refractivity contribution in [2.24, 2.45) is 0 Å². The van der Waals surface area contributed by atoms with Gasteiger partial charge in [0.05, 0.1) is 10.9 Å². The van der Waals surface area contributed by atoms with Gasteiger partial charge in [0.2, 0.25) is 11.8 Å². The lowest BCUT2D eigenvalue weighted by Gasteiger charge is -2.24. The first-order valence-corrected chi connectivity index (χ1v) is 8.48. The van der Waals surface area contributed by atoms with Gasteiger partial charge in [-0.05, 0) is 31.9 Å². The lowest BCUT2D eigenvalue weighted by Crippen LogP contribution is -2.45. The molecule has 1 atom stereocenters. The van der Waals surface area contributed by atoms with Crippen molar-refractivity contribution >= 4 is 22.7 Å². The minimum absolute atomic E-state index is 0.0628. The zero-order valence-electron chi connectivity index (χ0n) is 14.4. The number of imide groups is 1. The van der Waals surface area contributed by atoms with Gasteiger partial charge in [0.25, 0.3) is 5.56 Å². The molecular formula is C19H19N3O4. The summed E-state index contributed by atoms with van der Waals surface area (Å²) in [4.78, 5) is 41.2. The third-order valence-electron chi connectivity index (χ3n) is 4.31. The summed E-state index contributed by atoms with van der Waals surface area (Å²) in [7, 11) is 0. The fourth-order valence-electron chi connectivity index (χ4n) is 3.08. The smallest absolute Gasteiger partial charge is 0.263 e. The highest BCUT2D eigenvalue weighted by atomic mass is 16.3. The van der Waals surface area contributed by atoms with Crippen LogP contribution in [0.2, 0.25) is 0 Å². The maximum absolute atomic E-state index is 13.1. The largest absolute Gasteiger partial charge is 0.396 e. The summed E-state index contributed by atoms with van der Waals surface area (Å²) in [6.45, 7) is 1.73. The van der Waals surface area contributed by atoms with Crippen molar-refractivity contribution in [1.29, 1.82) is 0 Å². The second-order valence-electron chi connectivity index (χ2n) is 6.13.